The Labute approximate surface area is 160 Å². The molecule has 1 radical (unpaired) electrons. The van der Waals surface area contributed by atoms with Crippen molar-refractivity contribution in [3.05, 3.63) is 82.4 Å². The molecule has 0 spiro atoms. The van der Waals surface area contributed by atoms with Crippen LogP contribution < -0.4 is 10.6 Å². The van der Waals surface area contributed by atoms with Crippen molar-refractivity contribution in [3.8, 4) is 0 Å². The molecule has 0 saturated heterocycles. The van der Waals surface area contributed by atoms with Gasteiger partial charge in [0.15, 0.2) is 46.5 Å². The van der Waals surface area contributed by atoms with Gasteiger partial charge in [0, 0.05) is 0 Å². The van der Waals surface area contributed by atoms with Crippen LogP contribution in [0.25, 0.3) is 0 Å². The van der Waals surface area contributed by atoms with E-state index >= 15 is 0 Å². The minimum atomic E-state index is -2.43. The fourth-order valence-corrected chi connectivity index (χ4v) is 2.34. The van der Waals surface area contributed by atoms with Crippen LogP contribution in [0.4, 0.5) is 66.7 Å². The monoisotopic (exact) mass is 439 g/mol. The number of nitrogens with zero attached hydrogens (tertiary/aromatic N) is 1. The first-order valence-electron chi connectivity index (χ1n) is 7.66. The molecule has 0 fully saturated rings. The summed E-state index contributed by atoms with van der Waals surface area (Å²) in [6, 6.07) is 4.20. The minimum Gasteiger partial charge on any atom is -0.349 e. The third kappa shape index (κ3) is 3.37. The highest BCUT2D eigenvalue weighted by Crippen LogP contribution is 2.36. The molecule has 3 aromatic carbocycles. The molecule has 0 aliphatic rings. The Morgan fingerprint density at radius 2 is 0.900 bits per heavy atom. The Morgan fingerprint density at radius 3 is 1.40 bits per heavy atom. The highest BCUT2D eigenvalue weighted by molar-refractivity contribution is 5.74. The normalized spacial score (nSPS) is 11.0. The maximum absolute atomic E-state index is 13.9. The Hall–Kier alpha value is -3.44. The molecule has 0 bridgehead atoms. The van der Waals surface area contributed by atoms with Gasteiger partial charge in [-0.1, -0.05) is 12.1 Å². The summed E-state index contributed by atoms with van der Waals surface area (Å²) in [5.74, 6) is -23.1. The second kappa shape index (κ2) is 7.76. The van der Waals surface area contributed by atoms with E-state index in [9.17, 15) is 43.9 Å². The van der Waals surface area contributed by atoms with Gasteiger partial charge in [-0.25, -0.2) is 49.2 Å². The van der Waals surface area contributed by atoms with Crippen LogP contribution >= 0.6 is 0 Å². The molecular formula is C18H5F10N2. The van der Waals surface area contributed by atoms with E-state index in [0.29, 0.717) is 0 Å². The van der Waals surface area contributed by atoms with E-state index in [4.69, 9.17) is 0 Å². The van der Waals surface area contributed by atoms with Gasteiger partial charge in [0.25, 0.3) is 0 Å². The molecule has 157 valence electrons. The van der Waals surface area contributed by atoms with Gasteiger partial charge in [0.05, 0.1) is 11.4 Å². The molecule has 30 heavy (non-hydrogen) atoms. The van der Waals surface area contributed by atoms with Gasteiger partial charge in [-0.3, -0.25) is 0 Å². The summed E-state index contributed by atoms with van der Waals surface area (Å²) in [7, 11) is 0. The zero-order valence-electron chi connectivity index (χ0n) is 14.0. The Morgan fingerprint density at radius 1 is 0.500 bits per heavy atom. The van der Waals surface area contributed by atoms with Gasteiger partial charge < -0.3 is 5.32 Å². The zero-order valence-corrected chi connectivity index (χ0v) is 14.0. The van der Waals surface area contributed by atoms with Crippen LogP contribution in [0.3, 0.4) is 0 Å². The van der Waals surface area contributed by atoms with Crippen molar-refractivity contribution in [1.82, 2.24) is 5.32 Å². The van der Waals surface area contributed by atoms with Crippen molar-refractivity contribution in [2.24, 2.45) is 0 Å². The predicted octanol–water partition coefficient (Wildman–Crippen LogP) is 6.39. The van der Waals surface area contributed by atoms with Gasteiger partial charge in [-0.05, 0) is 12.1 Å². The lowest BCUT2D eigenvalue weighted by atomic mass is 10.2. The third-order valence-electron chi connectivity index (χ3n) is 3.79. The largest absolute Gasteiger partial charge is 0.349 e. The second-order valence-corrected chi connectivity index (χ2v) is 5.62. The lowest BCUT2D eigenvalue weighted by Gasteiger charge is -2.15. The highest BCUT2D eigenvalue weighted by atomic mass is 19.2. The number of para-hydroxylation sites is 2. The van der Waals surface area contributed by atoms with Crippen molar-refractivity contribution in [2.75, 3.05) is 5.32 Å². The summed E-state index contributed by atoms with van der Waals surface area (Å²) in [5, 5.41) is 5.08. The molecule has 2 nitrogen and oxygen atoms in total. The first-order chi connectivity index (χ1) is 14.1. The molecule has 1 N–H and O–H groups in total. The van der Waals surface area contributed by atoms with Gasteiger partial charge in [-0.2, -0.15) is 0 Å². The van der Waals surface area contributed by atoms with Gasteiger partial charge in [0.1, 0.15) is 11.4 Å². The highest BCUT2D eigenvalue weighted by Gasteiger charge is 2.29. The smallest absolute Gasteiger partial charge is 0.200 e. The maximum atomic E-state index is 13.9. The number of hydrogen-bond acceptors (Lipinski definition) is 1. The summed E-state index contributed by atoms with van der Waals surface area (Å²) >= 11 is 0. The number of hydrogen-bond donors (Lipinski definition) is 1. The standard InChI is InChI=1S/C18H5F10N2/c19-7-9(21)13(25)17(14(26)10(7)22)29-5-3-1-2-4-6(5)30-18-15(27)11(23)8(20)12(24)16(18)28/h1-4,29H. The minimum absolute atomic E-state index is 0.565. The lowest BCUT2D eigenvalue weighted by Crippen LogP contribution is -2.09. The molecule has 0 aliphatic carbocycles. The molecule has 0 aromatic heterocycles. The van der Waals surface area contributed by atoms with E-state index < -0.39 is 80.9 Å². The van der Waals surface area contributed by atoms with Crippen LogP contribution in [0.1, 0.15) is 0 Å². The molecule has 0 heterocycles. The van der Waals surface area contributed by atoms with Crippen LogP contribution in [0.5, 0.6) is 0 Å². The third-order valence-corrected chi connectivity index (χ3v) is 3.79. The molecule has 3 rings (SSSR count). The molecule has 0 saturated carbocycles. The van der Waals surface area contributed by atoms with Crippen molar-refractivity contribution in [3.63, 3.8) is 0 Å². The topological polar surface area (TPSA) is 26.1 Å². The van der Waals surface area contributed by atoms with Crippen molar-refractivity contribution < 1.29 is 43.9 Å². The van der Waals surface area contributed by atoms with Gasteiger partial charge >= 0.3 is 0 Å². The first-order valence-corrected chi connectivity index (χ1v) is 7.66. The van der Waals surface area contributed by atoms with Crippen LogP contribution in [0.2, 0.25) is 0 Å². The summed E-state index contributed by atoms with van der Waals surface area (Å²) in [5.41, 5.74) is -4.35. The average Bonchev–Trinajstić information content (AvgIpc) is 2.75. The second-order valence-electron chi connectivity index (χ2n) is 5.62. The lowest BCUT2D eigenvalue weighted by molar-refractivity contribution is 0.379. The molecule has 3 aromatic rings. The Balaban J connectivity index is 2.09. The maximum Gasteiger partial charge on any atom is 0.200 e. The Kier molecular flexibility index (Phi) is 5.51. The first kappa shape index (κ1) is 21.3. The average molecular weight is 439 g/mol. The van der Waals surface area contributed by atoms with Gasteiger partial charge in [-0.15, -0.1) is 0 Å². The molecule has 0 unspecified atom stereocenters. The molecule has 12 heteroatoms. The fraction of sp³-hybridized carbons (Fsp3) is 0. The van der Waals surface area contributed by atoms with E-state index in [0.717, 1.165) is 18.2 Å². The molecule has 0 aliphatic heterocycles. The summed E-state index contributed by atoms with van der Waals surface area (Å²) in [4.78, 5) is 0. The fourth-order valence-electron chi connectivity index (χ4n) is 2.34. The van der Waals surface area contributed by atoms with Crippen molar-refractivity contribution >= 4 is 22.7 Å². The van der Waals surface area contributed by atoms with Crippen molar-refractivity contribution in [1.29, 1.82) is 0 Å². The quantitative estimate of drug-likeness (QED) is 0.285. The Bertz CT molecular complexity index is 1010. The number of anilines is 2. The predicted molar refractivity (Wildman–Crippen MR) is 83.6 cm³/mol. The molecular weight excluding hydrogens is 434 g/mol. The number of benzene rings is 3. The summed E-state index contributed by atoms with van der Waals surface area (Å²) in [6.45, 7) is 0. The van der Waals surface area contributed by atoms with Gasteiger partial charge in [0.2, 0.25) is 11.6 Å². The van der Waals surface area contributed by atoms with Crippen LogP contribution in [-0.2, 0) is 0 Å². The summed E-state index contributed by atoms with van der Waals surface area (Å²) < 4.78 is 135. The molecule has 0 atom stereocenters. The van der Waals surface area contributed by atoms with Crippen LogP contribution in [0.15, 0.2) is 24.3 Å². The SMILES string of the molecule is Fc1c(F)c(F)c([N]c2ccccc2Nc2c(F)c(F)c(F)c(F)c2F)c(F)c1F. The number of rotatable bonds is 4. The van der Waals surface area contributed by atoms with E-state index in [1.165, 1.54) is 6.07 Å². The van der Waals surface area contributed by atoms with Crippen molar-refractivity contribution in [2.45, 2.75) is 0 Å². The summed E-state index contributed by atoms with van der Waals surface area (Å²) in [6.07, 6.45) is 0. The van der Waals surface area contributed by atoms with Crippen LogP contribution in [-0.4, -0.2) is 0 Å². The zero-order chi connectivity index (χ0) is 22.3. The van der Waals surface area contributed by atoms with Crippen LogP contribution in [0, 0.1) is 58.2 Å². The molecule has 0 amide bonds. The van der Waals surface area contributed by atoms with E-state index in [2.05, 4.69) is 5.32 Å². The van der Waals surface area contributed by atoms with E-state index in [-0.39, 0.29) is 0 Å². The number of halogens is 10. The number of nitrogens with one attached hydrogen (secondary N) is 1. The van der Waals surface area contributed by atoms with E-state index in [1.807, 2.05) is 5.32 Å². The van der Waals surface area contributed by atoms with E-state index in [1.54, 1.807) is 0 Å².